The second-order valence-electron chi connectivity index (χ2n) is 8.06. The quantitative estimate of drug-likeness (QED) is 0.432. The van der Waals surface area contributed by atoms with Crippen molar-refractivity contribution in [2.75, 3.05) is 13.7 Å². The summed E-state index contributed by atoms with van der Waals surface area (Å²) in [7, 11) is 1.66. The van der Waals surface area contributed by atoms with Gasteiger partial charge in [-0.3, -0.25) is 9.59 Å². The van der Waals surface area contributed by atoms with Crippen molar-refractivity contribution in [2.24, 2.45) is 0 Å². The lowest BCUT2D eigenvalue weighted by atomic mass is 10.1. The molecule has 3 rings (SSSR count). The normalized spacial score (nSPS) is 10.8. The number of Topliss-reactive ketones (excluding diaryl/α,β-unsaturated/α-hetero) is 1. The van der Waals surface area contributed by atoms with Crippen molar-refractivity contribution in [3.8, 4) is 17.2 Å². The lowest BCUT2D eigenvalue weighted by molar-refractivity contribution is -0.127. The largest absolute Gasteiger partial charge is 0.496 e. The number of carbonyl (C=O) groups excluding carboxylic acids is 2. The molecule has 1 amide bonds. The number of aryl methyl sites for hydroxylation is 3. The second kappa shape index (κ2) is 11.5. The number of nitrogens with zero attached hydrogens (tertiary/aromatic N) is 1. The van der Waals surface area contributed by atoms with Gasteiger partial charge in [0.15, 0.2) is 0 Å². The van der Waals surface area contributed by atoms with Crippen LogP contribution in [0, 0.1) is 6.92 Å². The van der Waals surface area contributed by atoms with Crippen LogP contribution in [0.5, 0.6) is 5.75 Å². The number of ether oxygens (including phenoxy) is 1. The van der Waals surface area contributed by atoms with Crippen LogP contribution >= 0.6 is 0 Å². The van der Waals surface area contributed by atoms with E-state index in [1.165, 1.54) is 5.56 Å². The fourth-order valence-corrected chi connectivity index (χ4v) is 3.70. The smallest absolute Gasteiger partial charge is 0.227 e. The summed E-state index contributed by atoms with van der Waals surface area (Å²) >= 11 is 0. The maximum Gasteiger partial charge on any atom is 0.227 e. The molecule has 0 spiro atoms. The number of oxazole rings is 1. The molecule has 174 valence electrons. The third-order valence-electron chi connectivity index (χ3n) is 5.69. The summed E-state index contributed by atoms with van der Waals surface area (Å²) in [5.41, 5.74) is 4.95. The zero-order valence-electron chi connectivity index (χ0n) is 19.9. The molecule has 0 saturated heterocycles. The van der Waals surface area contributed by atoms with Crippen LogP contribution in [0.2, 0.25) is 0 Å². The van der Waals surface area contributed by atoms with Gasteiger partial charge in [-0.05, 0) is 61.1 Å². The Kier molecular flexibility index (Phi) is 8.41. The topological polar surface area (TPSA) is 81.4 Å². The van der Waals surface area contributed by atoms with Gasteiger partial charge in [-0.25, -0.2) is 4.98 Å². The Hall–Kier alpha value is -3.41. The minimum absolute atomic E-state index is 0.0775. The van der Waals surface area contributed by atoms with Crippen LogP contribution < -0.4 is 10.1 Å². The summed E-state index contributed by atoms with van der Waals surface area (Å²) in [6.07, 6.45) is 2.45. The number of hydrogen-bond donors (Lipinski definition) is 1. The fourth-order valence-electron chi connectivity index (χ4n) is 3.70. The molecule has 2 aromatic carbocycles. The van der Waals surface area contributed by atoms with E-state index in [2.05, 4.69) is 30.2 Å². The molecule has 6 nitrogen and oxygen atoms in total. The molecular weight excluding hydrogens is 416 g/mol. The van der Waals surface area contributed by atoms with Gasteiger partial charge in [-0.1, -0.05) is 38.1 Å². The summed E-state index contributed by atoms with van der Waals surface area (Å²) in [5, 5.41) is 2.84. The van der Waals surface area contributed by atoms with Gasteiger partial charge < -0.3 is 14.5 Å². The van der Waals surface area contributed by atoms with E-state index >= 15 is 0 Å². The van der Waals surface area contributed by atoms with Crippen LogP contribution in [0.1, 0.15) is 48.4 Å². The summed E-state index contributed by atoms with van der Waals surface area (Å²) < 4.78 is 11.1. The van der Waals surface area contributed by atoms with E-state index in [4.69, 9.17) is 9.15 Å². The minimum atomic E-state index is -0.277. The number of aromatic nitrogens is 1. The third-order valence-corrected chi connectivity index (χ3v) is 5.69. The molecule has 0 atom stereocenters. The van der Waals surface area contributed by atoms with Crippen LogP contribution in [0.4, 0.5) is 0 Å². The average Bonchev–Trinajstić information content (AvgIpc) is 3.18. The van der Waals surface area contributed by atoms with E-state index in [1.807, 2.05) is 36.4 Å². The molecule has 3 aromatic rings. The molecule has 0 bridgehead atoms. The van der Waals surface area contributed by atoms with Gasteiger partial charge in [-0.15, -0.1) is 0 Å². The fraction of sp³-hybridized carbons (Fsp3) is 0.370. The first kappa shape index (κ1) is 24.2. The van der Waals surface area contributed by atoms with Crippen molar-refractivity contribution in [3.63, 3.8) is 0 Å². The Morgan fingerprint density at radius 1 is 1.03 bits per heavy atom. The van der Waals surface area contributed by atoms with Gasteiger partial charge >= 0.3 is 0 Å². The first-order chi connectivity index (χ1) is 15.9. The van der Waals surface area contributed by atoms with Gasteiger partial charge in [0.1, 0.15) is 17.3 Å². The number of amides is 1. The monoisotopic (exact) mass is 448 g/mol. The van der Waals surface area contributed by atoms with Crippen LogP contribution in [-0.4, -0.2) is 30.3 Å². The predicted octanol–water partition coefficient (Wildman–Crippen LogP) is 4.64. The van der Waals surface area contributed by atoms with Crippen molar-refractivity contribution in [1.82, 2.24) is 10.3 Å². The molecule has 0 aliphatic carbocycles. The highest BCUT2D eigenvalue weighted by Crippen LogP contribution is 2.23. The maximum absolute atomic E-state index is 12.4. The average molecular weight is 449 g/mol. The standard InChI is InChI=1S/C27H32N2O4/c1-5-19-7-10-22(11-8-19)27-29-24(18(3)33-27)16-23(30)17-26(31)28-14-13-20-9-12-25(32-4)21(6-2)15-20/h7-12,15H,5-6,13-14,16-17H2,1-4H3,(H,28,31). The Labute approximate surface area is 195 Å². The third kappa shape index (κ3) is 6.54. The van der Waals surface area contributed by atoms with E-state index in [1.54, 1.807) is 14.0 Å². The zero-order chi connectivity index (χ0) is 23.8. The zero-order valence-corrected chi connectivity index (χ0v) is 19.9. The first-order valence-electron chi connectivity index (χ1n) is 11.4. The molecule has 0 saturated carbocycles. The van der Waals surface area contributed by atoms with Crippen LogP contribution in [0.25, 0.3) is 11.5 Å². The van der Waals surface area contributed by atoms with E-state index in [0.717, 1.165) is 35.3 Å². The van der Waals surface area contributed by atoms with Gasteiger partial charge in [0.25, 0.3) is 0 Å². The van der Waals surface area contributed by atoms with Gasteiger partial charge in [0, 0.05) is 12.1 Å². The van der Waals surface area contributed by atoms with Crippen LogP contribution in [-0.2, 0) is 35.3 Å². The Bertz CT molecular complexity index is 1100. The van der Waals surface area contributed by atoms with Crippen molar-refractivity contribution < 1.29 is 18.7 Å². The van der Waals surface area contributed by atoms with Gasteiger partial charge in [-0.2, -0.15) is 0 Å². The lowest BCUT2D eigenvalue weighted by Gasteiger charge is -2.10. The number of rotatable bonds is 11. The van der Waals surface area contributed by atoms with Crippen molar-refractivity contribution in [2.45, 2.75) is 52.9 Å². The maximum atomic E-state index is 12.4. The van der Waals surface area contributed by atoms with Crippen molar-refractivity contribution in [1.29, 1.82) is 0 Å². The molecule has 1 N–H and O–H groups in total. The molecule has 33 heavy (non-hydrogen) atoms. The summed E-state index contributed by atoms with van der Waals surface area (Å²) in [5.74, 6) is 1.51. The number of carbonyl (C=O) groups is 2. The number of hydrogen-bond acceptors (Lipinski definition) is 5. The Morgan fingerprint density at radius 3 is 2.42 bits per heavy atom. The van der Waals surface area contributed by atoms with E-state index in [9.17, 15) is 9.59 Å². The van der Waals surface area contributed by atoms with Gasteiger partial charge in [0.05, 0.1) is 25.6 Å². The minimum Gasteiger partial charge on any atom is -0.496 e. The molecule has 1 aromatic heterocycles. The number of nitrogens with one attached hydrogen (secondary N) is 1. The number of benzene rings is 2. The molecule has 0 fully saturated rings. The van der Waals surface area contributed by atoms with Crippen molar-refractivity contribution >= 4 is 11.7 Å². The SMILES string of the molecule is CCc1ccc(-c2nc(CC(=O)CC(=O)NCCc3ccc(OC)c(CC)c3)c(C)o2)cc1. The highest BCUT2D eigenvalue weighted by Gasteiger charge is 2.17. The van der Waals surface area contributed by atoms with Crippen LogP contribution in [0.15, 0.2) is 46.9 Å². The number of ketones is 1. The summed E-state index contributed by atoms with van der Waals surface area (Å²) in [6.45, 7) is 6.45. The second-order valence-corrected chi connectivity index (χ2v) is 8.06. The Balaban J connectivity index is 1.49. The highest BCUT2D eigenvalue weighted by atomic mass is 16.5. The molecule has 1 heterocycles. The van der Waals surface area contributed by atoms with E-state index < -0.39 is 0 Å². The first-order valence-corrected chi connectivity index (χ1v) is 11.4. The molecule has 0 aliphatic rings. The predicted molar refractivity (Wildman–Crippen MR) is 128 cm³/mol. The lowest BCUT2D eigenvalue weighted by Crippen LogP contribution is -2.28. The van der Waals surface area contributed by atoms with Gasteiger partial charge in [0.2, 0.25) is 11.8 Å². The summed E-state index contributed by atoms with van der Waals surface area (Å²) in [6, 6.07) is 14.1. The van der Waals surface area contributed by atoms with E-state index in [-0.39, 0.29) is 24.5 Å². The van der Waals surface area contributed by atoms with E-state index in [0.29, 0.717) is 30.3 Å². The molecular formula is C27H32N2O4. The number of methoxy groups -OCH3 is 1. The molecule has 0 radical (unpaired) electrons. The Morgan fingerprint density at radius 2 is 1.76 bits per heavy atom. The molecule has 0 aliphatic heterocycles. The van der Waals surface area contributed by atoms with Crippen molar-refractivity contribution in [3.05, 3.63) is 70.6 Å². The van der Waals surface area contributed by atoms with Crippen LogP contribution in [0.3, 0.4) is 0 Å². The summed E-state index contributed by atoms with van der Waals surface area (Å²) in [4.78, 5) is 29.2. The molecule has 6 heteroatoms. The highest BCUT2D eigenvalue weighted by molar-refractivity contribution is 5.98. The molecule has 0 unspecified atom stereocenters.